The summed E-state index contributed by atoms with van der Waals surface area (Å²) in [6.07, 6.45) is 14.5. The number of hydrogen-bond donors (Lipinski definition) is 2. The molecule has 0 bridgehead atoms. The Hall–Kier alpha value is -1.93. The molecule has 0 saturated heterocycles. The lowest BCUT2D eigenvalue weighted by atomic mass is 10.0. The number of rotatable bonds is 24. The summed E-state index contributed by atoms with van der Waals surface area (Å²) in [4.78, 5) is 35.7. The molecule has 0 aromatic heterocycles. The van der Waals surface area contributed by atoms with Crippen molar-refractivity contribution >= 4 is 17.8 Å². The summed E-state index contributed by atoms with van der Waals surface area (Å²) in [5, 5.41) is 13.5. The van der Waals surface area contributed by atoms with Gasteiger partial charge in [0.1, 0.15) is 19.3 Å². The number of likely N-dealkylation sites (N-methyl/N-ethyl adjacent to an activating group) is 1. The number of carbonyl (C=O) groups is 3. The number of allylic oxidation sites excluding steroid dienone is 1. The number of ether oxygens (including phenoxy) is 2. The summed E-state index contributed by atoms with van der Waals surface area (Å²) in [7, 11) is 6.10. The molecule has 0 radical (unpaired) electrons. The van der Waals surface area contributed by atoms with Crippen LogP contribution in [0, 0.1) is 0 Å². The van der Waals surface area contributed by atoms with E-state index in [-0.39, 0.29) is 30.7 Å². The van der Waals surface area contributed by atoms with Crippen molar-refractivity contribution in [3.05, 3.63) is 12.2 Å². The smallest absolute Gasteiger partial charge is 0.306 e. The second-order valence-corrected chi connectivity index (χ2v) is 11.1. The van der Waals surface area contributed by atoms with Gasteiger partial charge in [0.05, 0.1) is 27.2 Å². The van der Waals surface area contributed by atoms with Crippen LogP contribution in [0.3, 0.4) is 0 Å². The zero-order valence-corrected chi connectivity index (χ0v) is 25.0. The highest BCUT2D eigenvalue weighted by Gasteiger charge is 2.22. The molecule has 2 N–H and O–H groups in total. The molecule has 0 spiro atoms. The SMILES string of the molecule is CCCCCC(OC(=O)CCCC(=O)OCC[N+](C)(C)C)C(O)C/C=C\CCCCCCCC(=O)NCC. The van der Waals surface area contributed by atoms with Crippen LogP contribution in [0.15, 0.2) is 12.2 Å². The fraction of sp³-hybridized carbons (Fsp3) is 0.833. The average Bonchev–Trinajstić information content (AvgIpc) is 2.84. The first-order valence-electron chi connectivity index (χ1n) is 14.8. The second kappa shape index (κ2) is 23.0. The Labute approximate surface area is 232 Å². The number of nitrogens with one attached hydrogen (secondary N) is 1. The number of hydrogen-bond acceptors (Lipinski definition) is 6. The van der Waals surface area contributed by atoms with E-state index in [9.17, 15) is 19.5 Å². The van der Waals surface area contributed by atoms with Crippen molar-refractivity contribution in [1.82, 2.24) is 5.32 Å². The van der Waals surface area contributed by atoms with E-state index in [1.54, 1.807) is 0 Å². The van der Waals surface area contributed by atoms with Crippen molar-refractivity contribution in [3.8, 4) is 0 Å². The van der Waals surface area contributed by atoms with Crippen molar-refractivity contribution in [2.24, 2.45) is 0 Å². The van der Waals surface area contributed by atoms with Crippen LogP contribution in [0.1, 0.15) is 110 Å². The van der Waals surface area contributed by atoms with Gasteiger partial charge in [-0.05, 0) is 51.9 Å². The Bertz CT molecular complexity index is 660. The predicted octanol–water partition coefficient (Wildman–Crippen LogP) is 5.07. The average molecular weight is 542 g/mol. The molecule has 0 aliphatic rings. The normalized spacial score (nSPS) is 13.3. The Balaban J connectivity index is 4.22. The van der Waals surface area contributed by atoms with Crippen LogP contribution in [0.5, 0.6) is 0 Å². The summed E-state index contributed by atoms with van der Waals surface area (Å²) in [6.45, 7) is 5.84. The van der Waals surface area contributed by atoms with Crippen molar-refractivity contribution in [2.45, 2.75) is 122 Å². The van der Waals surface area contributed by atoms with E-state index in [1.807, 2.05) is 34.1 Å². The first-order chi connectivity index (χ1) is 18.1. The van der Waals surface area contributed by atoms with Gasteiger partial charge in [0.2, 0.25) is 5.91 Å². The third-order valence-corrected chi connectivity index (χ3v) is 6.28. The van der Waals surface area contributed by atoms with Gasteiger partial charge in [0.25, 0.3) is 0 Å². The number of amides is 1. The van der Waals surface area contributed by atoms with Crippen LogP contribution in [-0.2, 0) is 23.9 Å². The summed E-state index contributed by atoms with van der Waals surface area (Å²) < 4.78 is 11.6. The number of aliphatic hydroxyl groups is 1. The molecular weight excluding hydrogens is 484 g/mol. The number of quaternary nitrogens is 1. The number of esters is 2. The van der Waals surface area contributed by atoms with E-state index in [2.05, 4.69) is 18.3 Å². The second-order valence-electron chi connectivity index (χ2n) is 11.1. The van der Waals surface area contributed by atoms with E-state index >= 15 is 0 Å². The molecule has 0 aromatic rings. The van der Waals surface area contributed by atoms with Gasteiger partial charge >= 0.3 is 11.9 Å². The first-order valence-corrected chi connectivity index (χ1v) is 14.8. The minimum absolute atomic E-state index is 0.138. The van der Waals surface area contributed by atoms with Crippen molar-refractivity contribution in [3.63, 3.8) is 0 Å². The van der Waals surface area contributed by atoms with Gasteiger partial charge in [-0.1, -0.05) is 51.2 Å². The van der Waals surface area contributed by atoms with Crippen LogP contribution in [0.4, 0.5) is 0 Å². The number of unbranched alkanes of at least 4 members (excludes halogenated alkanes) is 7. The van der Waals surface area contributed by atoms with E-state index in [0.717, 1.165) is 68.8 Å². The molecule has 0 fully saturated rings. The van der Waals surface area contributed by atoms with E-state index in [1.165, 1.54) is 0 Å². The molecule has 0 rings (SSSR count). The maximum atomic E-state index is 12.4. The first kappa shape index (κ1) is 36.1. The highest BCUT2D eigenvalue weighted by atomic mass is 16.6. The minimum Gasteiger partial charge on any atom is -0.460 e. The zero-order chi connectivity index (χ0) is 28.7. The molecule has 8 nitrogen and oxygen atoms in total. The Morgan fingerprint density at radius 1 is 0.842 bits per heavy atom. The molecule has 0 aromatic carbocycles. The Morgan fingerprint density at radius 3 is 2.21 bits per heavy atom. The van der Waals surface area contributed by atoms with Gasteiger partial charge < -0.3 is 24.4 Å². The topological polar surface area (TPSA) is 102 Å². The van der Waals surface area contributed by atoms with Gasteiger partial charge in [-0.3, -0.25) is 14.4 Å². The van der Waals surface area contributed by atoms with Crippen molar-refractivity contribution in [2.75, 3.05) is 40.8 Å². The van der Waals surface area contributed by atoms with Crippen LogP contribution in [0.25, 0.3) is 0 Å². The highest BCUT2D eigenvalue weighted by Crippen LogP contribution is 2.16. The minimum atomic E-state index is -0.734. The van der Waals surface area contributed by atoms with Crippen LogP contribution < -0.4 is 5.32 Å². The number of nitrogens with zero attached hydrogens (tertiary/aromatic N) is 1. The van der Waals surface area contributed by atoms with Gasteiger partial charge in [-0.15, -0.1) is 0 Å². The predicted molar refractivity (Wildman–Crippen MR) is 152 cm³/mol. The van der Waals surface area contributed by atoms with Gasteiger partial charge in [-0.2, -0.15) is 0 Å². The van der Waals surface area contributed by atoms with Gasteiger partial charge in [0.15, 0.2) is 0 Å². The van der Waals surface area contributed by atoms with Crippen LogP contribution in [-0.4, -0.2) is 80.5 Å². The number of carbonyl (C=O) groups excluding carboxylic acids is 3. The maximum absolute atomic E-state index is 12.4. The molecule has 0 heterocycles. The fourth-order valence-corrected chi connectivity index (χ4v) is 3.90. The van der Waals surface area contributed by atoms with Gasteiger partial charge in [-0.25, -0.2) is 0 Å². The quantitative estimate of drug-likeness (QED) is 0.0765. The molecule has 2 unspecified atom stereocenters. The molecular formula is C30H57N2O6+. The molecule has 1 amide bonds. The molecule has 0 saturated carbocycles. The van der Waals surface area contributed by atoms with Crippen LogP contribution in [0.2, 0.25) is 0 Å². The Morgan fingerprint density at radius 2 is 1.53 bits per heavy atom. The van der Waals surface area contributed by atoms with Crippen LogP contribution >= 0.6 is 0 Å². The lowest BCUT2D eigenvalue weighted by Crippen LogP contribution is -2.38. The summed E-state index contributed by atoms with van der Waals surface area (Å²) in [5.41, 5.74) is 0. The molecule has 38 heavy (non-hydrogen) atoms. The molecule has 0 aliphatic heterocycles. The molecule has 8 heteroatoms. The summed E-state index contributed by atoms with van der Waals surface area (Å²) in [5.74, 6) is -0.532. The standard InChI is InChI=1S/C30H56N2O6/c1-6-8-15-20-27(38-30(36)23-18-22-29(35)37-25-24-32(3,4)5)26(33)19-16-13-11-9-10-12-14-17-21-28(34)31-7-2/h13,16,26-27,33H,6-12,14-15,17-25H2,1-5H3/p+1/b16-13-. The van der Waals surface area contributed by atoms with Crippen molar-refractivity contribution in [1.29, 1.82) is 0 Å². The lowest BCUT2D eigenvalue weighted by Gasteiger charge is -2.23. The monoisotopic (exact) mass is 541 g/mol. The third kappa shape index (κ3) is 23.2. The van der Waals surface area contributed by atoms with E-state index in [4.69, 9.17) is 9.47 Å². The molecule has 222 valence electrons. The third-order valence-electron chi connectivity index (χ3n) is 6.28. The maximum Gasteiger partial charge on any atom is 0.306 e. The molecule has 0 aliphatic carbocycles. The number of aliphatic hydroxyl groups excluding tert-OH is 1. The summed E-state index contributed by atoms with van der Waals surface area (Å²) >= 11 is 0. The van der Waals surface area contributed by atoms with E-state index < -0.39 is 12.2 Å². The highest BCUT2D eigenvalue weighted by molar-refractivity contribution is 5.75. The van der Waals surface area contributed by atoms with Crippen molar-refractivity contribution < 1.29 is 33.4 Å². The largest absolute Gasteiger partial charge is 0.460 e. The molecule has 2 atom stereocenters. The van der Waals surface area contributed by atoms with Gasteiger partial charge in [0, 0.05) is 25.8 Å². The summed E-state index contributed by atoms with van der Waals surface area (Å²) in [6, 6.07) is 0. The van der Waals surface area contributed by atoms with E-state index in [0.29, 0.717) is 38.8 Å². The lowest BCUT2D eigenvalue weighted by molar-refractivity contribution is -0.870. The zero-order valence-electron chi connectivity index (χ0n) is 25.0. The fourth-order valence-electron chi connectivity index (χ4n) is 3.90. The Kier molecular flexibility index (Phi) is 21.8.